The van der Waals surface area contributed by atoms with Gasteiger partial charge in [0.2, 0.25) is 88.6 Å². The maximum Gasteiger partial charge on any atom is 0.305 e. The van der Waals surface area contributed by atoms with E-state index in [2.05, 4.69) is 74.1 Å². The van der Waals surface area contributed by atoms with Crippen LogP contribution in [0.1, 0.15) is 170 Å². The van der Waals surface area contributed by atoms with Gasteiger partial charge in [0, 0.05) is 39.3 Å². The van der Waals surface area contributed by atoms with Crippen LogP contribution in [0, 0.1) is 17.8 Å². The van der Waals surface area contributed by atoms with Crippen LogP contribution in [0.3, 0.4) is 0 Å². The van der Waals surface area contributed by atoms with E-state index in [-0.39, 0.29) is 102 Å². The van der Waals surface area contributed by atoms with Crippen molar-refractivity contribution in [3.05, 3.63) is 35.9 Å². The summed E-state index contributed by atoms with van der Waals surface area (Å²) < 4.78 is 0. The van der Waals surface area contributed by atoms with Gasteiger partial charge in [-0.2, -0.15) is 0 Å². The highest BCUT2D eigenvalue weighted by atomic mass is 16.4. The number of primary amides is 2. The monoisotopic (exact) mass is 1500 g/mol. The third kappa shape index (κ3) is 34.8. The second-order valence-corrected chi connectivity index (χ2v) is 26.8. The maximum absolute atomic E-state index is 14.7. The number of hydrogen-bond donors (Lipinski definition) is 20. The number of carbonyl (C=O) groups is 17. The number of guanidine groups is 1. The number of nitrogens with two attached hydrogens (primary N) is 5. The summed E-state index contributed by atoms with van der Waals surface area (Å²) in [6, 6.07) is -10.2. The largest absolute Gasteiger partial charge is 0.481 e. The predicted octanol–water partition coefficient (Wildman–Crippen LogP) is -4.81. The molecule has 15 amide bonds. The molecule has 1 fully saturated rings. The highest BCUT2D eigenvalue weighted by molar-refractivity contribution is 6.01. The molecule has 1 heterocycles. The predicted molar refractivity (Wildman–Crippen MR) is 384 cm³/mol. The molecule has 0 unspecified atom stereocenters. The van der Waals surface area contributed by atoms with E-state index in [0.29, 0.717) is 24.8 Å². The molecule has 0 aliphatic carbocycles. The van der Waals surface area contributed by atoms with Crippen LogP contribution < -0.4 is 97.8 Å². The Morgan fingerprint density at radius 2 is 1.12 bits per heavy atom. The van der Waals surface area contributed by atoms with Crippen molar-refractivity contribution in [2.45, 2.75) is 243 Å². The number of carboxylic acid groups (broad SMARTS) is 2. The average Bonchev–Trinajstić information content (AvgIpc) is 0.856. The molecule has 25 N–H and O–H groups in total. The van der Waals surface area contributed by atoms with E-state index in [1.54, 1.807) is 71.9 Å². The fourth-order valence-corrected chi connectivity index (χ4v) is 11.0. The van der Waals surface area contributed by atoms with Crippen LogP contribution >= 0.6 is 0 Å². The van der Waals surface area contributed by atoms with Gasteiger partial charge >= 0.3 is 11.9 Å². The van der Waals surface area contributed by atoms with E-state index < -0.39 is 211 Å². The number of carboxylic acids is 2. The van der Waals surface area contributed by atoms with E-state index in [1.165, 1.54) is 6.92 Å². The fraction of sp³-hybridized carbons (Fsp3) is 0.647. The van der Waals surface area contributed by atoms with Crippen LogP contribution in [-0.4, -0.2) is 209 Å². The Hall–Kier alpha value is -10.6. The molecule has 1 saturated heterocycles. The molecule has 14 atom stereocenters. The summed E-state index contributed by atoms with van der Waals surface area (Å²) in [7, 11) is 0. The molecule has 2 rings (SSSR count). The summed E-state index contributed by atoms with van der Waals surface area (Å²) in [5.41, 5.74) is 28.7. The van der Waals surface area contributed by atoms with E-state index in [0.717, 1.165) is 6.92 Å². The molecular formula is C68H111N19O19. The molecule has 106 heavy (non-hydrogen) atoms. The van der Waals surface area contributed by atoms with Crippen molar-refractivity contribution >= 4 is 107 Å². The zero-order valence-corrected chi connectivity index (χ0v) is 61.6. The first-order chi connectivity index (χ1) is 49.9. The van der Waals surface area contributed by atoms with Crippen LogP contribution in [0.25, 0.3) is 0 Å². The maximum atomic E-state index is 14.7. The molecule has 0 bridgehead atoms. The summed E-state index contributed by atoms with van der Waals surface area (Å²) >= 11 is 0. The third-order valence-corrected chi connectivity index (χ3v) is 17.3. The molecule has 1 aromatic carbocycles. The highest BCUT2D eigenvalue weighted by Crippen LogP contribution is 2.16. The Labute approximate surface area is 615 Å². The van der Waals surface area contributed by atoms with Crippen molar-refractivity contribution in [1.29, 1.82) is 0 Å². The van der Waals surface area contributed by atoms with Crippen LogP contribution in [-0.2, 0) is 87.9 Å². The Morgan fingerprint density at radius 3 is 1.68 bits per heavy atom. The minimum atomic E-state index is -1.92. The lowest BCUT2D eigenvalue weighted by molar-refractivity contribution is -0.142. The summed E-state index contributed by atoms with van der Waals surface area (Å²) in [5, 5.41) is 52.2. The Bertz CT molecular complexity index is 3230. The topological polar surface area (TPSA) is 629 Å². The van der Waals surface area contributed by atoms with Gasteiger partial charge in [-0.3, -0.25) is 86.5 Å². The first-order valence-electron chi connectivity index (χ1n) is 35.6. The van der Waals surface area contributed by atoms with Gasteiger partial charge in [-0.25, -0.2) is 0 Å². The zero-order chi connectivity index (χ0) is 79.9. The second-order valence-electron chi connectivity index (χ2n) is 26.8. The first-order valence-corrected chi connectivity index (χ1v) is 35.6. The number of nitrogens with zero attached hydrogens (tertiary/aromatic N) is 1. The van der Waals surface area contributed by atoms with E-state index in [1.807, 2.05) is 0 Å². The molecule has 38 heteroatoms. The zero-order valence-electron chi connectivity index (χ0n) is 61.6. The van der Waals surface area contributed by atoms with Crippen LogP contribution in [0.4, 0.5) is 0 Å². The lowest BCUT2D eigenvalue weighted by Crippen LogP contribution is -2.61. The molecule has 0 radical (unpaired) electrons. The normalized spacial score (nSPS) is 18.8. The average molecular weight is 1500 g/mol. The van der Waals surface area contributed by atoms with Crippen molar-refractivity contribution in [2.24, 2.45) is 51.4 Å². The first kappa shape index (κ1) is 91.5. The molecule has 592 valence electrons. The highest BCUT2D eigenvalue weighted by Gasteiger charge is 2.39. The fourth-order valence-electron chi connectivity index (χ4n) is 11.0. The van der Waals surface area contributed by atoms with Crippen molar-refractivity contribution in [3.63, 3.8) is 0 Å². The van der Waals surface area contributed by atoms with Gasteiger partial charge in [-0.05, 0) is 107 Å². The van der Waals surface area contributed by atoms with Gasteiger partial charge in [0.15, 0.2) is 5.96 Å². The van der Waals surface area contributed by atoms with E-state index in [9.17, 15) is 91.7 Å². The third-order valence-electron chi connectivity index (χ3n) is 17.3. The number of amides is 15. The van der Waals surface area contributed by atoms with Gasteiger partial charge in [0.25, 0.3) is 0 Å². The number of aliphatic imine (C=N–C) groups is 1. The minimum Gasteiger partial charge on any atom is -0.481 e. The molecule has 1 aliphatic heterocycles. The summed E-state index contributed by atoms with van der Waals surface area (Å²) in [6.07, 6.45) is -3.18. The molecule has 0 saturated carbocycles. The number of rotatable bonds is 41. The van der Waals surface area contributed by atoms with E-state index >= 15 is 0 Å². The standard InChI is InChI=1S/C68H111N19O19/c1-9-36(5)54(56(71)95)86-67(106)55(37(6)10-2)87-66(105)49(34-53(93)94)85-64(103)47(32-40-19-12-11-13-20-40)83-63(102)46(31-35(3)4)82-60(99)41(21-14-16-28-69)79-59(98)43(23-18-30-75-68(72)73)81-65(104)48(33-50(70)89)84-61(100)42-22-15-17-29-74-51(90)26-24-44(77-39(8)88)58(97)76-38(7)57(96)78-45(62(101)80-42)25-27-52(91)92/h11-13,19-20,35-38,41-49,54-55H,9-10,14-18,21-34,69H2,1-8H3,(H2,70,89)(H2,71,95)(H,74,90)(H,76,97)(H,77,88)(H,78,96)(H,79,98)(H,80,101)(H,81,104)(H,82,99)(H,83,102)(H,84,100)(H,85,103)(H,86,106)(H,87,105)(H,91,92)(H,93,94)(H4,72,73,75)/t36-,37-,38-,41-,42-,43-,44-,45-,46-,47-,48-,49-,54-,55-/m0/s1. The lowest BCUT2D eigenvalue weighted by atomic mass is 9.94. The number of nitrogens with one attached hydrogen (secondary N) is 13. The molecule has 38 nitrogen and oxygen atoms in total. The summed E-state index contributed by atoms with van der Waals surface area (Å²) in [4.78, 5) is 234. The number of aliphatic carboxylic acids is 2. The number of carbonyl (C=O) groups excluding carboxylic acids is 15. The number of benzene rings is 1. The smallest absolute Gasteiger partial charge is 0.305 e. The van der Waals surface area contributed by atoms with Crippen LogP contribution in [0.2, 0.25) is 0 Å². The van der Waals surface area contributed by atoms with Gasteiger partial charge < -0.3 is 108 Å². The van der Waals surface area contributed by atoms with Crippen LogP contribution in [0.5, 0.6) is 0 Å². The van der Waals surface area contributed by atoms with Crippen molar-refractivity contribution in [1.82, 2.24) is 69.1 Å². The molecular weight excluding hydrogens is 1390 g/mol. The lowest BCUT2D eigenvalue weighted by Gasteiger charge is -2.30. The Balaban J connectivity index is 2.64. The number of hydrogen-bond acceptors (Lipinski definition) is 19. The molecule has 0 aromatic heterocycles. The van der Waals surface area contributed by atoms with E-state index in [4.69, 9.17) is 28.7 Å². The summed E-state index contributed by atoms with van der Waals surface area (Å²) in [6.45, 7) is 12.6. The molecule has 0 spiro atoms. The van der Waals surface area contributed by atoms with Gasteiger partial charge in [0.1, 0.15) is 72.5 Å². The van der Waals surface area contributed by atoms with Gasteiger partial charge in [-0.15, -0.1) is 0 Å². The van der Waals surface area contributed by atoms with Crippen LogP contribution in [0.15, 0.2) is 35.3 Å². The van der Waals surface area contributed by atoms with Crippen molar-refractivity contribution < 1.29 is 91.7 Å². The quantitative estimate of drug-likeness (QED) is 0.0166. The second kappa shape index (κ2) is 47.7. The van der Waals surface area contributed by atoms with Gasteiger partial charge in [0.05, 0.1) is 12.8 Å². The van der Waals surface area contributed by atoms with Crippen molar-refractivity contribution in [3.8, 4) is 0 Å². The molecule has 1 aliphatic rings. The minimum absolute atomic E-state index is 0.00266. The van der Waals surface area contributed by atoms with Crippen molar-refractivity contribution in [2.75, 3.05) is 19.6 Å². The van der Waals surface area contributed by atoms with Gasteiger partial charge in [-0.1, -0.05) is 84.7 Å². The SMILES string of the molecule is CC[C@H](C)[C@H](NC(=O)[C@@H](NC(=O)[C@H](CC(=O)O)NC(=O)[C@H](Cc1ccccc1)NC(=O)[C@H](CC(C)C)NC(=O)[C@H](CCCCN)NC(=O)[C@H](CCCN=C(N)N)NC(=O)[C@H](CC(N)=O)NC(=O)[C@@H]1CCCCNC(=O)CC[C@H](NC(C)=O)C(=O)N[C@@H](C)C(=O)N[C@@H](CCC(=O)O)C(=O)N1)[C@@H](C)CC)C(N)=O. The number of unbranched alkanes of at least 4 members (excludes halogenated alkanes) is 1. The summed E-state index contributed by atoms with van der Waals surface area (Å²) in [5.74, 6) is -18.9. The Morgan fingerprint density at radius 1 is 0.585 bits per heavy atom. The Kier molecular flexibility index (Phi) is 41.2. The molecule has 1 aromatic rings.